The van der Waals surface area contributed by atoms with Crippen molar-refractivity contribution >= 4 is 11.0 Å². The number of ether oxygens (including phenoxy) is 3. The second-order valence-electron chi connectivity index (χ2n) is 6.39. The lowest BCUT2D eigenvalue weighted by molar-refractivity contribution is 0.287. The molecule has 0 radical (unpaired) electrons. The van der Waals surface area contributed by atoms with E-state index < -0.39 is 0 Å². The molecule has 6 nitrogen and oxygen atoms in total. The molecule has 3 aromatic rings. The Labute approximate surface area is 163 Å². The molecule has 3 rings (SSSR count). The van der Waals surface area contributed by atoms with E-state index in [-0.39, 0.29) is 11.2 Å². The lowest BCUT2D eigenvalue weighted by atomic mass is 10.1. The van der Waals surface area contributed by atoms with Crippen LogP contribution in [0.3, 0.4) is 0 Å². The van der Waals surface area contributed by atoms with Gasteiger partial charge in [0.1, 0.15) is 16.7 Å². The Bertz CT molecular complexity index is 1020. The van der Waals surface area contributed by atoms with Gasteiger partial charge in [0.05, 0.1) is 20.8 Å². The lowest BCUT2D eigenvalue weighted by Crippen LogP contribution is -2.05. The van der Waals surface area contributed by atoms with Gasteiger partial charge >= 0.3 is 0 Å². The van der Waals surface area contributed by atoms with Crippen molar-refractivity contribution in [3.05, 3.63) is 46.6 Å². The van der Waals surface area contributed by atoms with Gasteiger partial charge in [-0.05, 0) is 36.8 Å². The maximum Gasteiger partial charge on any atom is 0.197 e. The Morgan fingerprint density at radius 1 is 1.00 bits per heavy atom. The van der Waals surface area contributed by atoms with Crippen molar-refractivity contribution in [2.24, 2.45) is 0 Å². The van der Waals surface area contributed by atoms with Gasteiger partial charge in [0, 0.05) is 11.6 Å². The summed E-state index contributed by atoms with van der Waals surface area (Å²) in [5.74, 6) is 1.58. The minimum Gasteiger partial charge on any atom is -0.504 e. The predicted octanol–water partition coefficient (Wildman–Crippen LogP) is 4.75. The van der Waals surface area contributed by atoms with Crippen molar-refractivity contribution < 1.29 is 23.7 Å². The summed E-state index contributed by atoms with van der Waals surface area (Å²) in [6.07, 6.45) is 3.12. The van der Waals surface area contributed by atoms with Crippen LogP contribution in [0.2, 0.25) is 0 Å². The van der Waals surface area contributed by atoms with E-state index in [1.807, 2.05) is 0 Å². The molecule has 0 fully saturated rings. The Hall–Kier alpha value is -3.15. The van der Waals surface area contributed by atoms with Crippen LogP contribution in [-0.2, 0) is 0 Å². The van der Waals surface area contributed by atoms with Gasteiger partial charge in [-0.1, -0.05) is 19.8 Å². The van der Waals surface area contributed by atoms with Crippen LogP contribution in [0.4, 0.5) is 0 Å². The first-order valence-corrected chi connectivity index (χ1v) is 9.24. The van der Waals surface area contributed by atoms with E-state index in [1.54, 1.807) is 24.3 Å². The molecule has 0 saturated heterocycles. The Morgan fingerprint density at radius 3 is 2.54 bits per heavy atom. The summed E-state index contributed by atoms with van der Waals surface area (Å²) in [7, 11) is 2.97. The lowest BCUT2D eigenvalue weighted by Gasteiger charge is -2.13. The van der Waals surface area contributed by atoms with Gasteiger partial charge in [-0.3, -0.25) is 4.79 Å². The van der Waals surface area contributed by atoms with E-state index >= 15 is 0 Å². The van der Waals surface area contributed by atoms with Crippen LogP contribution >= 0.6 is 0 Å². The summed E-state index contributed by atoms with van der Waals surface area (Å²) in [5, 5.41) is 10.1. The number of methoxy groups -OCH3 is 2. The molecule has 1 heterocycles. The summed E-state index contributed by atoms with van der Waals surface area (Å²) < 4.78 is 22.3. The SMILES string of the molecule is CCCCCOc1ccc2oc(-c3ccc(O)c(OC)c3)cc(=O)c2c1OC. The normalized spacial score (nSPS) is 10.8. The Kier molecular flexibility index (Phi) is 6.09. The van der Waals surface area contributed by atoms with Crippen molar-refractivity contribution in [2.45, 2.75) is 26.2 Å². The number of rotatable bonds is 8. The molecule has 0 aliphatic carbocycles. The first kappa shape index (κ1) is 19.6. The van der Waals surface area contributed by atoms with Gasteiger partial charge < -0.3 is 23.7 Å². The van der Waals surface area contributed by atoms with Crippen molar-refractivity contribution in [2.75, 3.05) is 20.8 Å². The van der Waals surface area contributed by atoms with Crippen LogP contribution in [0, 0.1) is 0 Å². The summed E-state index contributed by atoms with van der Waals surface area (Å²) >= 11 is 0. The molecular formula is C22H24O6. The largest absolute Gasteiger partial charge is 0.504 e. The average molecular weight is 384 g/mol. The molecule has 0 unspecified atom stereocenters. The summed E-state index contributed by atoms with van der Waals surface area (Å²) in [5.41, 5.74) is 0.777. The van der Waals surface area contributed by atoms with Crippen LogP contribution in [0.25, 0.3) is 22.3 Å². The minimum absolute atomic E-state index is 0.0147. The molecule has 28 heavy (non-hydrogen) atoms. The maximum absolute atomic E-state index is 12.8. The van der Waals surface area contributed by atoms with E-state index in [0.717, 1.165) is 19.3 Å². The standard InChI is InChI=1S/C22H24O6/c1-4-5-6-11-27-18-10-9-17-21(22(18)26-3)16(24)13-19(28-17)14-7-8-15(23)20(12-14)25-2/h7-10,12-13,23H,4-6,11H2,1-3H3. The number of hydrogen-bond acceptors (Lipinski definition) is 6. The third kappa shape index (κ3) is 3.91. The summed E-state index contributed by atoms with van der Waals surface area (Å²) in [4.78, 5) is 12.8. The number of benzene rings is 2. The van der Waals surface area contributed by atoms with Crippen LogP contribution in [0.1, 0.15) is 26.2 Å². The fraction of sp³-hybridized carbons (Fsp3) is 0.318. The zero-order valence-corrected chi connectivity index (χ0v) is 16.3. The molecule has 0 amide bonds. The molecule has 2 aromatic carbocycles. The average Bonchev–Trinajstić information content (AvgIpc) is 2.71. The highest BCUT2D eigenvalue weighted by Crippen LogP contribution is 2.36. The number of unbranched alkanes of at least 4 members (excludes halogenated alkanes) is 2. The summed E-state index contributed by atoms with van der Waals surface area (Å²) in [6.45, 7) is 2.69. The second kappa shape index (κ2) is 8.69. The molecular weight excluding hydrogens is 360 g/mol. The molecule has 148 valence electrons. The van der Waals surface area contributed by atoms with Gasteiger partial charge in [-0.25, -0.2) is 0 Å². The molecule has 0 saturated carbocycles. The van der Waals surface area contributed by atoms with E-state index in [9.17, 15) is 9.90 Å². The molecule has 1 N–H and O–H groups in total. The highest BCUT2D eigenvalue weighted by Gasteiger charge is 2.17. The number of aromatic hydroxyl groups is 1. The fourth-order valence-electron chi connectivity index (χ4n) is 3.03. The van der Waals surface area contributed by atoms with Crippen molar-refractivity contribution in [1.29, 1.82) is 0 Å². The zero-order valence-electron chi connectivity index (χ0n) is 16.3. The fourth-order valence-corrected chi connectivity index (χ4v) is 3.03. The molecule has 1 aromatic heterocycles. The van der Waals surface area contributed by atoms with Crippen molar-refractivity contribution in [3.8, 4) is 34.3 Å². The molecule has 0 aliphatic rings. The Morgan fingerprint density at radius 2 is 1.82 bits per heavy atom. The summed E-state index contributed by atoms with van der Waals surface area (Å²) in [6, 6.07) is 9.61. The maximum atomic E-state index is 12.8. The molecule has 6 heteroatoms. The number of hydrogen-bond donors (Lipinski definition) is 1. The molecule has 0 atom stereocenters. The van der Waals surface area contributed by atoms with Crippen LogP contribution in [0.15, 0.2) is 45.6 Å². The number of fused-ring (bicyclic) bond motifs is 1. The number of phenolic OH excluding ortho intramolecular Hbond substituents is 1. The van der Waals surface area contributed by atoms with Gasteiger partial charge in [-0.15, -0.1) is 0 Å². The number of phenols is 1. The Balaban J connectivity index is 2.03. The molecule has 0 spiro atoms. The van der Waals surface area contributed by atoms with Crippen LogP contribution < -0.4 is 19.6 Å². The van der Waals surface area contributed by atoms with E-state index in [1.165, 1.54) is 26.4 Å². The van der Waals surface area contributed by atoms with E-state index in [0.29, 0.717) is 46.1 Å². The first-order chi connectivity index (χ1) is 13.6. The molecule has 0 aliphatic heterocycles. The van der Waals surface area contributed by atoms with Crippen molar-refractivity contribution in [1.82, 2.24) is 0 Å². The van der Waals surface area contributed by atoms with E-state index in [4.69, 9.17) is 18.6 Å². The van der Waals surface area contributed by atoms with Crippen LogP contribution in [-0.4, -0.2) is 25.9 Å². The third-order valence-electron chi connectivity index (χ3n) is 4.49. The van der Waals surface area contributed by atoms with Gasteiger partial charge in [0.2, 0.25) is 0 Å². The van der Waals surface area contributed by atoms with Crippen molar-refractivity contribution in [3.63, 3.8) is 0 Å². The van der Waals surface area contributed by atoms with Crippen LogP contribution in [0.5, 0.6) is 23.0 Å². The highest BCUT2D eigenvalue weighted by atomic mass is 16.5. The topological polar surface area (TPSA) is 78.1 Å². The van der Waals surface area contributed by atoms with Gasteiger partial charge in [0.15, 0.2) is 28.4 Å². The monoisotopic (exact) mass is 384 g/mol. The van der Waals surface area contributed by atoms with Gasteiger partial charge in [0.25, 0.3) is 0 Å². The minimum atomic E-state index is -0.237. The zero-order chi connectivity index (χ0) is 20.1. The predicted molar refractivity (Wildman–Crippen MR) is 108 cm³/mol. The molecule has 0 bridgehead atoms. The second-order valence-corrected chi connectivity index (χ2v) is 6.39. The third-order valence-corrected chi connectivity index (χ3v) is 4.49. The van der Waals surface area contributed by atoms with Gasteiger partial charge in [-0.2, -0.15) is 0 Å². The smallest absolute Gasteiger partial charge is 0.197 e. The first-order valence-electron chi connectivity index (χ1n) is 9.24. The quantitative estimate of drug-likeness (QED) is 0.565. The highest BCUT2D eigenvalue weighted by molar-refractivity contribution is 5.87. The van der Waals surface area contributed by atoms with E-state index in [2.05, 4.69) is 6.92 Å².